The van der Waals surface area contributed by atoms with E-state index >= 15 is 0 Å². The molecule has 0 radical (unpaired) electrons. The van der Waals surface area contributed by atoms with Gasteiger partial charge < -0.3 is 77.6 Å². The monoisotopic (exact) mass is 1910 g/mol. The van der Waals surface area contributed by atoms with Gasteiger partial charge >= 0.3 is 12.0 Å². The van der Waals surface area contributed by atoms with Gasteiger partial charge in [0.05, 0.1) is 89.9 Å². The Bertz CT molecular complexity index is 6100. The number of hydrogen-bond donors (Lipinski definition) is 5. The molecule has 4 aliphatic carbocycles. The molecule has 4 unspecified atom stereocenters. The molecule has 137 heavy (non-hydrogen) atoms. The number of para-hydroxylation sites is 1. The highest BCUT2D eigenvalue weighted by Crippen LogP contribution is 2.45. The predicted molar refractivity (Wildman–Crippen MR) is 518 cm³/mol. The molecule has 6 N–H and O–H groups in total. The van der Waals surface area contributed by atoms with Crippen LogP contribution in [0.2, 0.25) is 0 Å². The second-order valence-corrected chi connectivity index (χ2v) is 38.0. The highest BCUT2D eigenvalue weighted by atomic mass is 32.2. The molecule has 4 saturated carbocycles. The third-order valence-electron chi connectivity index (χ3n) is 25.8. The molecule has 722 valence electrons. The van der Waals surface area contributed by atoms with Crippen LogP contribution >= 0.6 is 11.3 Å². The van der Waals surface area contributed by atoms with Gasteiger partial charge in [0.15, 0.2) is 55.3 Å². The van der Waals surface area contributed by atoms with E-state index in [0.29, 0.717) is 103 Å². The van der Waals surface area contributed by atoms with Crippen LogP contribution in [-0.4, -0.2) is 167 Å². The van der Waals surface area contributed by atoms with Gasteiger partial charge in [-0.15, -0.1) is 4.98 Å². The fourth-order valence-corrected chi connectivity index (χ4v) is 21.3. The fraction of sp³-hybridized carbons (Fsp3) is 0.406. The lowest BCUT2D eigenvalue weighted by Crippen LogP contribution is -2.30. The summed E-state index contributed by atoms with van der Waals surface area (Å²) in [6, 6.07) is 51.8. The second kappa shape index (κ2) is 45.2. The third kappa shape index (κ3) is 24.5. The first-order valence-corrected chi connectivity index (χ1v) is 48.6. The number of hydrazine groups is 1. The Morgan fingerprint density at radius 3 is 1.25 bits per heavy atom. The molecule has 6 heterocycles. The van der Waals surface area contributed by atoms with Gasteiger partial charge in [-0.05, 0) is 235 Å². The molecule has 6 amide bonds. The summed E-state index contributed by atoms with van der Waals surface area (Å²) in [4.78, 5) is 109. The lowest BCUT2D eigenvalue weighted by molar-refractivity contribution is -0.385. The normalized spacial score (nSPS) is 18.4. The summed E-state index contributed by atoms with van der Waals surface area (Å²) in [6.45, 7) is 5.24. The van der Waals surface area contributed by atoms with E-state index in [4.69, 9.17) is 53.2 Å². The topological polar surface area (TPSA) is 411 Å². The number of ether oxygens (including phenoxy) is 10. The zero-order valence-electron chi connectivity index (χ0n) is 78.0. The van der Waals surface area contributed by atoms with E-state index in [9.17, 15) is 47.3 Å². The number of hydrogen-bond acceptors (Lipinski definition) is 27. The summed E-state index contributed by atoms with van der Waals surface area (Å²) in [5.74, 6) is 10.7. The molecule has 10 aromatic rings. The van der Waals surface area contributed by atoms with E-state index in [1.165, 1.54) is 65.7 Å². The van der Waals surface area contributed by atoms with Gasteiger partial charge in [0.1, 0.15) is 0 Å². The van der Waals surface area contributed by atoms with Crippen molar-refractivity contribution in [2.24, 2.45) is 5.84 Å². The van der Waals surface area contributed by atoms with E-state index in [2.05, 4.69) is 40.7 Å². The SMILES string of the molecule is COc1ccc(C2CC(=O)N(Cc3ccccc3[N+](=O)[O-])C2)cc1OC1CCCC1.COc1ccc(C2CC(=O)N(c3cccc(C(=O)NN)c3)C2)cc1OC1CCCC1.COc1ccc(C2CC(=O)N(c3cccc(NS(=O)(=O)c4sc(NC(C)=O)nc4C)c3)C2)cc1OC1CCCC1.COc1nc(Nc2cccc(N3CC(c4ccc(OC)c(OC5CCCC5)c4)CC3=O)c2)nc(OC)n1. The number of aryl methyl sites for hydroxylation is 1. The first kappa shape index (κ1) is 97.7. The molecule has 4 saturated heterocycles. The van der Waals surface area contributed by atoms with Gasteiger partial charge in [0.2, 0.25) is 35.5 Å². The van der Waals surface area contributed by atoms with Crippen molar-refractivity contribution >= 4 is 102 Å². The largest absolute Gasteiger partial charge is 0.493 e. The van der Waals surface area contributed by atoms with Crippen LogP contribution in [0.1, 0.15) is 203 Å². The number of amides is 6. The molecule has 0 bridgehead atoms. The van der Waals surface area contributed by atoms with E-state index in [-0.39, 0.29) is 129 Å². The fourth-order valence-electron chi connectivity index (χ4n) is 18.7. The summed E-state index contributed by atoms with van der Waals surface area (Å²) in [5, 5.41) is 17.1. The minimum atomic E-state index is -3.96. The number of nitrogens with two attached hydrogens (primary N) is 1. The first-order chi connectivity index (χ1) is 66.3. The number of anilines is 7. The van der Waals surface area contributed by atoms with Crippen LogP contribution in [0.15, 0.2) is 174 Å². The zero-order chi connectivity index (χ0) is 96.4. The number of rotatable bonds is 31. The number of carbonyl (C=O) groups excluding carboxylic acids is 6. The number of carbonyl (C=O) groups is 6. The Kier molecular flexibility index (Phi) is 32.2. The van der Waals surface area contributed by atoms with Gasteiger partial charge in [-0.1, -0.05) is 72.0 Å². The zero-order valence-corrected chi connectivity index (χ0v) is 79.7. The number of nitrogens with zero attached hydrogens (tertiary/aromatic N) is 9. The summed E-state index contributed by atoms with van der Waals surface area (Å²) in [6.07, 6.45) is 20.3. The van der Waals surface area contributed by atoms with Crippen molar-refractivity contribution in [3.05, 3.63) is 219 Å². The Morgan fingerprint density at radius 1 is 0.460 bits per heavy atom. The smallest absolute Gasteiger partial charge is 0.324 e. The Labute approximate surface area is 800 Å². The van der Waals surface area contributed by atoms with Crippen LogP contribution in [0, 0.1) is 17.0 Å². The van der Waals surface area contributed by atoms with Crippen molar-refractivity contribution in [3.63, 3.8) is 0 Å². The van der Waals surface area contributed by atoms with Crippen LogP contribution in [0.4, 0.5) is 45.2 Å². The molecule has 0 spiro atoms. The molecular formula is C101H116N14O20S2. The maximum absolute atomic E-state index is 13.1. The van der Waals surface area contributed by atoms with Gasteiger partial charge in [-0.3, -0.25) is 49.0 Å². The molecule has 4 atom stereocenters. The van der Waals surface area contributed by atoms with Gasteiger partial charge in [0.25, 0.3) is 21.6 Å². The molecule has 4 aliphatic heterocycles. The predicted octanol–water partition coefficient (Wildman–Crippen LogP) is 17.1. The molecule has 8 fully saturated rings. The molecule has 18 rings (SSSR count). The first-order valence-electron chi connectivity index (χ1n) is 46.3. The van der Waals surface area contributed by atoms with Gasteiger partial charge in [-0.2, -0.15) is 9.97 Å². The van der Waals surface area contributed by atoms with Crippen molar-refractivity contribution in [2.45, 2.75) is 201 Å². The average Bonchev–Trinajstić information content (AvgIpc) is 1.66. The standard InChI is InChI=1S/C28H32N4O6S2.C27H31N5O5.C23H27N3O4.C23H26N2O5/c1-17-27(39-28(29-17)30-18(2)33)40(35,36)31-21-7-6-8-22(15-21)32-16-20(14-26(32)34)19-11-12-24(37-3)25(13-19)38-23-9-4-5-10-23;1-34-22-12-11-17(13-23(22)37-21-9-4-5-10-21)18-14-24(33)32(16-18)20-8-6-7-19(15-20)28-25-29-26(35-2)31-27(30-25)36-3;1-29-20-10-9-15(12-21(20)30-19-7-2-3-8-19)17-13-22(27)26(14-17)18-6-4-5-16(11-18)23(28)25-24;1-29-21-11-10-16(12-22(21)30-19-7-3-4-8-19)18-13-23(26)24(15-18)14-17-6-2-5-9-20(17)25(27)28/h6-8,11-13,15,20,23,31H,4-5,9-10,14,16H2,1-3H3,(H,29,30,33);6-8,11-13,15,18,21H,4-5,9-10,14,16H2,1-3H3,(H,28,29,30,31);4-6,9-12,17,19H,2-3,7-8,13-14,24H2,1H3,(H,25,28);2,5-6,9-12,18-19H,3-4,7-8,13-15H2,1H3. The summed E-state index contributed by atoms with van der Waals surface area (Å²) < 4.78 is 86.0. The number of sulfonamides is 1. The van der Waals surface area contributed by atoms with E-state index < -0.39 is 14.9 Å². The van der Waals surface area contributed by atoms with Crippen LogP contribution in [-0.2, 0) is 40.5 Å². The Balaban J connectivity index is 0.000000140. The number of nitro benzene ring substituents is 1. The number of nitro groups is 1. The number of aromatic nitrogens is 4. The van der Waals surface area contributed by atoms with E-state index in [1.807, 2.05) is 108 Å². The highest BCUT2D eigenvalue weighted by Gasteiger charge is 2.39. The van der Waals surface area contributed by atoms with Crippen molar-refractivity contribution in [1.29, 1.82) is 0 Å². The van der Waals surface area contributed by atoms with Crippen LogP contribution in [0.3, 0.4) is 0 Å². The van der Waals surface area contributed by atoms with Crippen LogP contribution in [0.5, 0.6) is 58.0 Å². The lowest BCUT2D eigenvalue weighted by atomic mass is 9.98. The highest BCUT2D eigenvalue weighted by molar-refractivity contribution is 7.94. The molecule has 34 nitrogen and oxygen atoms in total. The van der Waals surface area contributed by atoms with Gasteiger partial charge in [-0.25, -0.2) is 19.2 Å². The third-order valence-corrected chi connectivity index (χ3v) is 28.8. The molecule has 8 aliphatic rings. The number of nitrogen functional groups attached to an aromatic ring is 1. The number of thiazole rings is 1. The summed E-state index contributed by atoms with van der Waals surface area (Å²) in [5.41, 5.74) is 10.7. The minimum absolute atomic E-state index is 0.00669. The molecular weight excluding hydrogens is 1790 g/mol. The molecule has 8 aromatic carbocycles. The van der Waals surface area contributed by atoms with Crippen molar-refractivity contribution in [3.8, 4) is 58.0 Å². The Morgan fingerprint density at radius 2 is 0.847 bits per heavy atom. The second-order valence-electron chi connectivity index (χ2n) is 35.1. The van der Waals surface area contributed by atoms with Crippen molar-refractivity contribution in [2.75, 3.05) is 98.9 Å². The summed E-state index contributed by atoms with van der Waals surface area (Å²) >= 11 is 0.878. The van der Waals surface area contributed by atoms with E-state index in [1.54, 1.807) is 111 Å². The Hall–Kier alpha value is -13.9. The molecule has 2 aromatic heterocycles. The van der Waals surface area contributed by atoms with Crippen LogP contribution in [0.25, 0.3) is 0 Å². The molecule has 36 heteroatoms. The van der Waals surface area contributed by atoms with Crippen molar-refractivity contribution in [1.82, 2.24) is 30.3 Å². The lowest BCUT2D eigenvalue weighted by Gasteiger charge is -2.20. The maximum Gasteiger partial charge on any atom is 0.324 e. The number of likely N-dealkylation sites (tertiary alicyclic amines) is 1. The summed E-state index contributed by atoms with van der Waals surface area (Å²) in [7, 11) is 5.53. The van der Waals surface area contributed by atoms with Gasteiger partial charge in [0, 0.05) is 122 Å². The average molecular weight is 1910 g/mol. The maximum atomic E-state index is 13.1. The van der Waals surface area contributed by atoms with E-state index in [0.717, 1.165) is 132 Å². The number of benzene rings is 8. The minimum Gasteiger partial charge on any atom is -0.493 e. The van der Waals surface area contributed by atoms with Crippen LogP contribution < -0.4 is 88.7 Å². The number of nitrogens with one attached hydrogen (secondary N) is 4. The quantitative estimate of drug-likeness (QED) is 0.0117. The van der Waals surface area contributed by atoms with Crippen molar-refractivity contribution < 1.29 is 89.5 Å². The number of methoxy groups -OCH3 is 6.